The van der Waals surface area contributed by atoms with Gasteiger partial charge in [-0.05, 0) is 129 Å². The van der Waals surface area contributed by atoms with Gasteiger partial charge >= 0.3 is 6.18 Å². The number of nitrogens with one attached hydrogen (secondary N) is 5. The first-order valence-corrected chi connectivity index (χ1v) is 27.9. The highest BCUT2D eigenvalue weighted by molar-refractivity contribution is 6.48. The molecule has 0 radical (unpaired) electrons. The van der Waals surface area contributed by atoms with Gasteiger partial charge in [-0.2, -0.15) is 18.2 Å². The number of amides is 3. The average molecular weight is 1140 g/mol. The lowest BCUT2D eigenvalue weighted by molar-refractivity contribution is -0.137. The fraction of sp³-hybridized carbons (Fsp3) is 0.371. The topological polar surface area (TPSA) is 227 Å². The molecular weight excluding hydrogens is 1070 g/mol. The number of benzene rings is 5. The van der Waals surface area contributed by atoms with Crippen molar-refractivity contribution < 1.29 is 42.5 Å². The molecule has 3 heterocycles. The summed E-state index contributed by atoms with van der Waals surface area (Å²) in [6.45, 7) is 10.4. The highest BCUT2D eigenvalue weighted by Gasteiger charge is 2.34. The van der Waals surface area contributed by atoms with Gasteiger partial charge in [-0.15, -0.1) is 0 Å². The monoisotopic (exact) mass is 1140 g/mol. The summed E-state index contributed by atoms with van der Waals surface area (Å²) in [7, 11) is 3.62. The molecule has 0 saturated carbocycles. The second-order valence-electron chi connectivity index (χ2n) is 21.6. The van der Waals surface area contributed by atoms with Crippen LogP contribution in [0.25, 0.3) is 0 Å². The van der Waals surface area contributed by atoms with Crippen molar-refractivity contribution in [2.24, 2.45) is 11.8 Å². The number of rotatable bonds is 20. The fourth-order valence-corrected chi connectivity index (χ4v) is 10.5. The van der Waals surface area contributed by atoms with Crippen LogP contribution in [-0.2, 0) is 33.9 Å². The lowest BCUT2D eigenvalue weighted by Crippen LogP contribution is -2.48. The molecule has 6 aromatic rings. The van der Waals surface area contributed by atoms with E-state index in [4.69, 9.17) is 20.5 Å². The van der Waals surface area contributed by atoms with Crippen molar-refractivity contribution in [1.82, 2.24) is 25.1 Å². The Kier molecular flexibility index (Phi) is 19.6. The molecule has 2 aliphatic heterocycles. The first-order chi connectivity index (χ1) is 39.7. The molecular formula is C62H73F3N12O6. The number of phenolic OH excluding ortho intramolecular Hbond substituents is 2. The quantitative estimate of drug-likeness (QED) is 0.0215. The number of para-hydroxylation sites is 1. The number of carbonyl (C=O) groups excluding carboxylic acids is 3. The summed E-state index contributed by atoms with van der Waals surface area (Å²) in [5.41, 5.74) is 7.69. The molecule has 0 spiro atoms. The summed E-state index contributed by atoms with van der Waals surface area (Å²) < 4.78 is 45.2. The smallest absolute Gasteiger partial charge is 0.405 e. The third kappa shape index (κ3) is 15.4. The minimum atomic E-state index is -4.73. The summed E-state index contributed by atoms with van der Waals surface area (Å²) in [5.74, 6) is -1.71. The number of carbonyl (C=O) groups is 3. The van der Waals surface area contributed by atoms with Crippen molar-refractivity contribution in [3.05, 3.63) is 143 Å². The Labute approximate surface area is 482 Å². The average Bonchev–Trinajstić information content (AvgIpc) is 3.67. The number of hydrogen-bond acceptors (Lipinski definition) is 14. The molecule has 2 fully saturated rings. The van der Waals surface area contributed by atoms with Crippen LogP contribution in [0.5, 0.6) is 17.2 Å². The molecule has 1 aromatic heterocycles. The lowest BCUT2D eigenvalue weighted by Gasteiger charge is -2.38. The number of anilines is 7. The van der Waals surface area contributed by atoms with E-state index in [9.17, 15) is 37.8 Å². The van der Waals surface area contributed by atoms with Crippen LogP contribution in [0.15, 0.2) is 109 Å². The number of likely N-dealkylation sites (tertiary alicyclic amines) is 1. The molecule has 3 amide bonds. The van der Waals surface area contributed by atoms with Gasteiger partial charge in [-0.1, -0.05) is 68.4 Å². The van der Waals surface area contributed by atoms with Crippen LogP contribution in [0, 0.1) is 29.6 Å². The van der Waals surface area contributed by atoms with Crippen LogP contribution >= 0.6 is 0 Å². The van der Waals surface area contributed by atoms with E-state index in [1.807, 2.05) is 63.4 Å². The number of alkyl halides is 3. The van der Waals surface area contributed by atoms with Gasteiger partial charge in [0.2, 0.25) is 18.3 Å². The van der Waals surface area contributed by atoms with E-state index in [2.05, 4.69) is 54.6 Å². The van der Waals surface area contributed by atoms with E-state index < -0.39 is 36.0 Å². The SMILES string of the molecule is CCOc1cc(N2CCC(C(=O)N3CCC(Cc4ccc(CN(C)Cc5ccc(N(C(=N)C(=O)NCC(F)(F)F)C(=N)c6cc(C(C)C)c(O)cc6O)cc5)cc4)CC3)CC2)ccc1Nc1ncc(N(C)C=O)c(Nc2ccccc2C)n1. The van der Waals surface area contributed by atoms with Gasteiger partial charge < -0.3 is 45.6 Å². The highest BCUT2D eigenvalue weighted by Crippen LogP contribution is 2.37. The fourth-order valence-electron chi connectivity index (χ4n) is 10.5. The minimum Gasteiger partial charge on any atom is -0.508 e. The molecule has 438 valence electrons. The van der Waals surface area contributed by atoms with E-state index in [1.54, 1.807) is 56.7 Å². The first-order valence-electron chi connectivity index (χ1n) is 27.9. The maximum Gasteiger partial charge on any atom is 0.405 e. The third-order valence-corrected chi connectivity index (χ3v) is 15.1. The Morgan fingerprint density at radius 1 is 0.831 bits per heavy atom. The van der Waals surface area contributed by atoms with Crippen molar-refractivity contribution in [3.63, 3.8) is 0 Å². The Morgan fingerprint density at radius 2 is 1.48 bits per heavy atom. The predicted molar refractivity (Wildman–Crippen MR) is 318 cm³/mol. The van der Waals surface area contributed by atoms with Crippen molar-refractivity contribution in [2.45, 2.75) is 85.0 Å². The number of amidine groups is 2. The molecule has 21 heteroatoms. The molecule has 83 heavy (non-hydrogen) atoms. The number of ether oxygens (including phenoxy) is 1. The van der Waals surface area contributed by atoms with Crippen molar-refractivity contribution >= 4 is 70.1 Å². The number of aromatic nitrogens is 2. The summed E-state index contributed by atoms with van der Waals surface area (Å²) >= 11 is 0. The Bertz CT molecular complexity index is 3270. The molecule has 0 aliphatic carbocycles. The molecule has 7 N–H and O–H groups in total. The second-order valence-corrected chi connectivity index (χ2v) is 21.6. The van der Waals surface area contributed by atoms with Gasteiger partial charge in [0.15, 0.2) is 11.7 Å². The van der Waals surface area contributed by atoms with Crippen molar-refractivity contribution in [3.8, 4) is 17.2 Å². The Hall–Kier alpha value is -8.72. The molecule has 5 aromatic carbocycles. The third-order valence-electron chi connectivity index (χ3n) is 15.1. The number of hydrogen-bond donors (Lipinski definition) is 7. The van der Waals surface area contributed by atoms with E-state index in [0.717, 1.165) is 97.3 Å². The summed E-state index contributed by atoms with van der Waals surface area (Å²) in [6, 6.07) is 31.4. The molecule has 2 saturated heterocycles. The zero-order valence-electron chi connectivity index (χ0n) is 47.7. The van der Waals surface area contributed by atoms with Crippen LogP contribution in [0.3, 0.4) is 0 Å². The molecule has 0 unspecified atom stereocenters. The standard InChI is InChI=1S/C62H73F3N12O6/c1-7-83-55-31-47(20-21-51(55)71-61-68-34-52(74(6)38-78)58(72-61)70-50-11-9-8-10-40(50)4)75-28-24-45(25-29-75)60(82)76-26-22-42(23-27-76)30-41-12-14-43(15-13-41)35-73(5)36-44-16-18-46(19-17-44)77(57(67)59(81)69-37-62(63,64)65)56(66)49-32-48(39(2)3)53(79)33-54(49)80/h8-21,31-34,38-39,42,45,66-67,79-80H,7,22-30,35-37H2,1-6H3,(H,69,81)(H2,68,70,71,72). The van der Waals surface area contributed by atoms with E-state index in [0.29, 0.717) is 66.5 Å². The molecule has 2 aliphatic rings. The van der Waals surface area contributed by atoms with E-state index in [1.165, 1.54) is 16.5 Å². The molecule has 8 rings (SSSR count). The second kappa shape index (κ2) is 26.9. The van der Waals surface area contributed by atoms with Crippen molar-refractivity contribution in [2.75, 3.05) is 78.8 Å². The number of piperidine rings is 2. The minimum absolute atomic E-state index is 0.0310. The zero-order valence-corrected chi connectivity index (χ0v) is 47.7. The van der Waals surface area contributed by atoms with Crippen LogP contribution in [0.2, 0.25) is 0 Å². The maximum absolute atomic E-state index is 13.9. The van der Waals surface area contributed by atoms with Crippen LogP contribution in [0.4, 0.5) is 53.4 Å². The van der Waals surface area contributed by atoms with Gasteiger partial charge in [0.25, 0.3) is 5.91 Å². The lowest BCUT2D eigenvalue weighted by atomic mass is 9.88. The normalized spacial score (nSPS) is 14.1. The van der Waals surface area contributed by atoms with Gasteiger partial charge in [0, 0.05) is 81.4 Å². The predicted octanol–water partition coefficient (Wildman–Crippen LogP) is 10.6. The molecule has 0 bridgehead atoms. The summed E-state index contributed by atoms with van der Waals surface area (Å²) in [5, 5.41) is 47.1. The Morgan fingerprint density at radius 3 is 2.11 bits per heavy atom. The van der Waals surface area contributed by atoms with Gasteiger partial charge in [-0.3, -0.25) is 35.0 Å². The van der Waals surface area contributed by atoms with Gasteiger partial charge in [0.1, 0.15) is 35.3 Å². The number of aromatic hydroxyl groups is 2. The van der Waals surface area contributed by atoms with Crippen LogP contribution in [0.1, 0.15) is 85.8 Å². The van der Waals surface area contributed by atoms with E-state index >= 15 is 0 Å². The number of aryl methyl sites for hydroxylation is 1. The zero-order chi connectivity index (χ0) is 59.5. The number of halogens is 3. The molecule has 0 atom stereocenters. The number of nitrogens with zero attached hydrogens (tertiary/aromatic N) is 7. The van der Waals surface area contributed by atoms with Gasteiger partial charge in [-0.25, -0.2) is 4.98 Å². The Balaban J connectivity index is 0.803. The van der Waals surface area contributed by atoms with Crippen molar-refractivity contribution in [1.29, 1.82) is 10.8 Å². The molecule has 18 nitrogen and oxygen atoms in total. The van der Waals surface area contributed by atoms with Crippen LogP contribution < -0.4 is 35.4 Å². The maximum atomic E-state index is 13.9. The highest BCUT2D eigenvalue weighted by atomic mass is 19.4. The van der Waals surface area contributed by atoms with Crippen LogP contribution in [-0.4, -0.2) is 119 Å². The first kappa shape index (κ1) is 60.4. The van der Waals surface area contributed by atoms with Gasteiger partial charge in [0.05, 0.1) is 24.1 Å². The van der Waals surface area contributed by atoms with E-state index in [-0.39, 0.29) is 34.7 Å². The summed E-state index contributed by atoms with van der Waals surface area (Å²) in [4.78, 5) is 56.5. The number of phenols is 2. The largest absolute Gasteiger partial charge is 0.508 e. The summed E-state index contributed by atoms with van der Waals surface area (Å²) in [6.07, 6.45) is 1.90.